The molecule has 1 heterocycles. The molecule has 0 aromatic heterocycles. The van der Waals surface area contributed by atoms with Crippen LogP contribution in [0.5, 0.6) is 0 Å². The molecule has 1 atom stereocenters. The number of amides is 2. The molecule has 2 N–H and O–H groups in total. The molecule has 0 spiro atoms. The molecule has 5 heteroatoms. The smallest absolute Gasteiger partial charge is 0.237 e. The van der Waals surface area contributed by atoms with Gasteiger partial charge in [-0.2, -0.15) is 0 Å². The molecule has 0 radical (unpaired) electrons. The number of hydrogen-bond acceptors (Lipinski definition) is 3. The zero-order chi connectivity index (χ0) is 20.8. The molecule has 2 aromatic rings. The van der Waals surface area contributed by atoms with E-state index in [-0.39, 0.29) is 23.7 Å². The van der Waals surface area contributed by atoms with Crippen molar-refractivity contribution < 1.29 is 9.59 Å². The van der Waals surface area contributed by atoms with Crippen LogP contribution in [0.2, 0.25) is 0 Å². The van der Waals surface area contributed by atoms with Crippen molar-refractivity contribution >= 4 is 11.8 Å². The summed E-state index contributed by atoms with van der Waals surface area (Å²) in [6.45, 7) is 2.70. The second kappa shape index (κ2) is 9.43. The van der Waals surface area contributed by atoms with Gasteiger partial charge in [0.05, 0.1) is 12.5 Å². The first-order chi connectivity index (χ1) is 14.7. The number of carbonyl (C=O) groups excluding carboxylic acids is 2. The Kier molecular flexibility index (Phi) is 6.48. The van der Waals surface area contributed by atoms with Gasteiger partial charge in [-0.05, 0) is 24.0 Å². The Bertz CT molecular complexity index is 847. The molecule has 2 aromatic carbocycles. The van der Waals surface area contributed by atoms with Crippen molar-refractivity contribution in [3.05, 3.63) is 71.8 Å². The lowest BCUT2D eigenvalue weighted by Crippen LogP contribution is -2.56. The lowest BCUT2D eigenvalue weighted by Gasteiger charge is -2.35. The van der Waals surface area contributed by atoms with E-state index in [0.29, 0.717) is 19.6 Å². The number of benzene rings is 2. The summed E-state index contributed by atoms with van der Waals surface area (Å²) < 4.78 is 0. The van der Waals surface area contributed by atoms with Crippen molar-refractivity contribution in [2.75, 3.05) is 19.6 Å². The van der Waals surface area contributed by atoms with Crippen molar-refractivity contribution in [1.29, 1.82) is 0 Å². The highest BCUT2D eigenvalue weighted by Gasteiger charge is 2.37. The van der Waals surface area contributed by atoms with Crippen LogP contribution in [0.1, 0.15) is 43.2 Å². The molecule has 1 unspecified atom stereocenters. The topological polar surface area (TPSA) is 61.4 Å². The molecule has 0 bridgehead atoms. The van der Waals surface area contributed by atoms with Gasteiger partial charge in [0.1, 0.15) is 0 Å². The summed E-state index contributed by atoms with van der Waals surface area (Å²) in [6, 6.07) is 20.2. The van der Waals surface area contributed by atoms with E-state index in [0.717, 1.165) is 24.9 Å². The first-order valence-electron chi connectivity index (χ1n) is 11.0. The lowest BCUT2D eigenvalue weighted by molar-refractivity contribution is -0.134. The third kappa shape index (κ3) is 4.73. The summed E-state index contributed by atoms with van der Waals surface area (Å²) >= 11 is 0. The molecule has 2 aliphatic rings. The molecule has 158 valence electrons. The first kappa shape index (κ1) is 20.6. The zero-order valence-electron chi connectivity index (χ0n) is 17.5. The minimum Gasteiger partial charge on any atom is -0.355 e. The van der Waals surface area contributed by atoms with Crippen LogP contribution in [0.4, 0.5) is 0 Å². The highest BCUT2D eigenvalue weighted by molar-refractivity contribution is 5.88. The van der Waals surface area contributed by atoms with Gasteiger partial charge in [-0.3, -0.25) is 14.5 Å². The fraction of sp³-hybridized carbons (Fsp3) is 0.440. The largest absolute Gasteiger partial charge is 0.355 e. The van der Waals surface area contributed by atoms with E-state index in [1.807, 2.05) is 24.3 Å². The Morgan fingerprint density at radius 2 is 1.70 bits per heavy atom. The van der Waals surface area contributed by atoms with Crippen LogP contribution in [-0.4, -0.2) is 42.4 Å². The normalized spacial score (nSPS) is 21.2. The van der Waals surface area contributed by atoms with E-state index in [2.05, 4.69) is 51.9 Å². The van der Waals surface area contributed by atoms with Crippen molar-refractivity contribution in [2.24, 2.45) is 0 Å². The van der Waals surface area contributed by atoms with E-state index >= 15 is 0 Å². The van der Waals surface area contributed by atoms with Crippen LogP contribution in [0, 0.1) is 0 Å². The van der Waals surface area contributed by atoms with Crippen LogP contribution in [0.25, 0.3) is 0 Å². The lowest BCUT2D eigenvalue weighted by atomic mass is 9.79. The molecule has 1 saturated heterocycles. The number of nitrogens with zero attached hydrogens (tertiary/aromatic N) is 1. The Hall–Kier alpha value is -2.66. The van der Waals surface area contributed by atoms with E-state index in [4.69, 9.17) is 0 Å². The standard InChI is InChI=1S/C25H31N3O2/c29-23(27-19-25(13-7-8-14-25)21-11-5-2-6-12-21)17-22-24(30)26-15-16-28(22)18-20-9-3-1-4-10-20/h1-6,9-12,22H,7-8,13-19H2,(H,26,30)(H,27,29). The van der Waals surface area contributed by atoms with Gasteiger partial charge in [0.15, 0.2) is 0 Å². The van der Waals surface area contributed by atoms with Gasteiger partial charge >= 0.3 is 0 Å². The highest BCUT2D eigenvalue weighted by Crippen LogP contribution is 2.40. The summed E-state index contributed by atoms with van der Waals surface area (Å²) in [5, 5.41) is 6.09. The van der Waals surface area contributed by atoms with E-state index in [9.17, 15) is 9.59 Å². The summed E-state index contributed by atoms with van der Waals surface area (Å²) in [5.74, 6) is -0.0942. The van der Waals surface area contributed by atoms with Gasteiger partial charge in [-0.1, -0.05) is 73.5 Å². The van der Waals surface area contributed by atoms with E-state index in [1.54, 1.807) is 0 Å². The van der Waals surface area contributed by atoms with Crippen molar-refractivity contribution in [3.8, 4) is 0 Å². The summed E-state index contributed by atoms with van der Waals surface area (Å²) in [5.41, 5.74) is 2.49. The summed E-state index contributed by atoms with van der Waals surface area (Å²) in [4.78, 5) is 27.5. The van der Waals surface area contributed by atoms with Crippen LogP contribution < -0.4 is 10.6 Å². The average Bonchev–Trinajstić information content (AvgIpc) is 3.26. The minimum absolute atomic E-state index is 0.0233. The maximum atomic E-state index is 12.9. The second-order valence-corrected chi connectivity index (χ2v) is 8.60. The second-order valence-electron chi connectivity index (χ2n) is 8.60. The molecule has 2 fully saturated rings. The Morgan fingerprint density at radius 3 is 2.40 bits per heavy atom. The molecule has 5 nitrogen and oxygen atoms in total. The number of piperazine rings is 1. The fourth-order valence-electron chi connectivity index (χ4n) is 4.92. The van der Waals surface area contributed by atoms with Crippen LogP contribution >= 0.6 is 0 Å². The van der Waals surface area contributed by atoms with Gasteiger partial charge in [0.25, 0.3) is 0 Å². The molecular formula is C25H31N3O2. The number of hydrogen-bond donors (Lipinski definition) is 2. The maximum absolute atomic E-state index is 12.9. The summed E-state index contributed by atoms with van der Waals surface area (Å²) in [6.07, 6.45) is 4.79. The Labute approximate surface area is 178 Å². The maximum Gasteiger partial charge on any atom is 0.237 e. The average molecular weight is 406 g/mol. The molecule has 4 rings (SSSR count). The van der Waals surface area contributed by atoms with Gasteiger partial charge in [-0.25, -0.2) is 0 Å². The van der Waals surface area contributed by atoms with Crippen LogP contribution in [-0.2, 0) is 21.5 Å². The van der Waals surface area contributed by atoms with Gasteiger partial charge in [-0.15, -0.1) is 0 Å². The highest BCUT2D eigenvalue weighted by atomic mass is 16.2. The van der Waals surface area contributed by atoms with E-state index in [1.165, 1.54) is 18.4 Å². The molecule has 1 saturated carbocycles. The van der Waals surface area contributed by atoms with Gasteiger partial charge in [0, 0.05) is 31.6 Å². The van der Waals surface area contributed by atoms with E-state index < -0.39 is 6.04 Å². The molecule has 30 heavy (non-hydrogen) atoms. The van der Waals surface area contributed by atoms with Crippen LogP contribution in [0.3, 0.4) is 0 Å². The first-order valence-corrected chi connectivity index (χ1v) is 11.0. The minimum atomic E-state index is -0.421. The van der Waals surface area contributed by atoms with Crippen molar-refractivity contribution in [3.63, 3.8) is 0 Å². The molecule has 1 aliphatic carbocycles. The molecular weight excluding hydrogens is 374 g/mol. The number of carbonyl (C=O) groups is 2. The summed E-state index contributed by atoms with van der Waals surface area (Å²) in [7, 11) is 0. The monoisotopic (exact) mass is 405 g/mol. The third-order valence-corrected chi connectivity index (χ3v) is 6.62. The van der Waals surface area contributed by atoms with Gasteiger partial charge < -0.3 is 10.6 Å². The Morgan fingerprint density at radius 1 is 1.03 bits per heavy atom. The van der Waals surface area contributed by atoms with Crippen LogP contribution in [0.15, 0.2) is 60.7 Å². The van der Waals surface area contributed by atoms with Crippen molar-refractivity contribution in [2.45, 2.75) is 50.1 Å². The molecule has 1 aliphatic heterocycles. The number of nitrogens with one attached hydrogen (secondary N) is 2. The quantitative estimate of drug-likeness (QED) is 0.744. The molecule has 2 amide bonds. The SMILES string of the molecule is O=C(CC1C(=O)NCCN1Cc1ccccc1)NCC1(c2ccccc2)CCCC1. The zero-order valence-corrected chi connectivity index (χ0v) is 17.5. The number of rotatable bonds is 7. The van der Waals surface area contributed by atoms with Crippen molar-refractivity contribution in [1.82, 2.24) is 15.5 Å². The Balaban J connectivity index is 1.39. The third-order valence-electron chi connectivity index (χ3n) is 6.62. The predicted molar refractivity (Wildman–Crippen MR) is 118 cm³/mol. The fourth-order valence-corrected chi connectivity index (χ4v) is 4.92. The predicted octanol–water partition coefficient (Wildman–Crippen LogP) is 3.01. The van der Waals surface area contributed by atoms with Gasteiger partial charge in [0.2, 0.25) is 11.8 Å².